The maximum atomic E-state index is 11.9. The molecule has 96 valence electrons. The van der Waals surface area contributed by atoms with E-state index in [1.165, 1.54) is 0 Å². The first kappa shape index (κ1) is 14.1. The standard InChI is InChI=1S/C12H19NO3S/c1-17-8-7-10(12(15)16)13-11(14)9-5-3-2-4-6-9/h2-3,9-10H,4-8H2,1H3,(H,13,14)(H,15,16)/t9?,10-/m1/s1. The zero-order valence-electron chi connectivity index (χ0n) is 10.0. The van der Waals surface area contributed by atoms with E-state index in [-0.39, 0.29) is 11.8 Å². The molecule has 0 saturated heterocycles. The van der Waals surface area contributed by atoms with Crippen molar-refractivity contribution < 1.29 is 14.7 Å². The number of allylic oxidation sites excluding steroid dienone is 2. The second-order valence-corrected chi connectivity index (χ2v) is 5.15. The maximum Gasteiger partial charge on any atom is 0.326 e. The molecule has 1 aliphatic rings. The molecule has 0 bridgehead atoms. The smallest absolute Gasteiger partial charge is 0.326 e. The first-order valence-corrected chi connectivity index (χ1v) is 7.21. The minimum Gasteiger partial charge on any atom is -0.480 e. The van der Waals surface area contributed by atoms with Crippen molar-refractivity contribution in [2.24, 2.45) is 5.92 Å². The van der Waals surface area contributed by atoms with Crippen LogP contribution in [-0.2, 0) is 9.59 Å². The minimum atomic E-state index is -0.946. The summed E-state index contributed by atoms with van der Waals surface area (Å²) >= 11 is 1.58. The molecule has 0 fully saturated rings. The van der Waals surface area contributed by atoms with Gasteiger partial charge in [-0.1, -0.05) is 12.2 Å². The van der Waals surface area contributed by atoms with Gasteiger partial charge in [0.15, 0.2) is 0 Å². The highest BCUT2D eigenvalue weighted by Gasteiger charge is 2.24. The van der Waals surface area contributed by atoms with Crippen LogP contribution in [0.15, 0.2) is 12.2 Å². The van der Waals surface area contributed by atoms with Crippen molar-refractivity contribution in [1.29, 1.82) is 0 Å². The number of hydrogen-bond acceptors (Lipinski definition) is 3. The van der Waals surface area contributed by atoms with Gasteiger partial charge in [-0.2, -0.15) is 11.8 Å². The van der Waals surface area contributed by atoms with Gasteiger partial charge in [-0.15, -0.1) is 0 Å². The highest BCUT2D eigenvalue weighted by Crippen LogP contribution is 2.18. The van der Waals surface area contributed by atoms with E-state index in [9.17, 15) is 9.59 Å². The van der Waals surface area contributed by atoms with E-state index in [1.54, 1.807) is 11.8 Å². The summed E-state index contributed by atoms with van der Waals surface area (Å²) in [6.07, 6.45) is 8.90. The fraction of sp³-hybridized carbons (Fsp3) is 0.667. The summed E-state index contributed by atoms with van der Waals surface area (Å²) in [6.45, 7) is 0. The van der Waals surface area contributed by atoms with Gasteiger partial charge in [0.2, 0.25) is 5.91 Å². The first-order chi connectivity index (χ1) is 8.15. The number of carbonyl (C=O) groups is 2. The average Bonchev–Trinajstić information content (AvgIpc) is 2.35. The Balaban J connectivity index is 2.45. The second kappa shape index (κ2) is 7.37. The van der Waals surface area contributed by atoms with E-state index in [0.717, 1.165) is 25.0 Å². The quantitative estimate of drug-likeness (QED) is 0.710. The van der Waals surface area contributed by atoms with Crippen molar-refractivity contribution in [3.63, 3.8) is 0 Å². The van der Waals surface area contributed by atoms with E-state index < -0.39 is 12.0 Å². The van der Waals surface area contributed by atoms with Crippen molar-refractivity contribution in [1.82, 2.24) is 5.32 Å². The fourth-order valence-electron chi connectivity index (χ4n) is 1.81. The predicted molar refractivity (Wildman–Crippen MR) is 69.0 cm³/mol. The van der Waals surface area contributed by atoms with E-state index in [4.69, 9.17) is 5.11 Å². The summed E-state index contributed by atoms with van der Waals surface area (Å²) < 4.78 is 0. The third kappa shape index (κ3) is 4.81. The van der Waals surface area contributed by atoms with Crippen LogP contribution in [0.25, 0.3) is 0 Å². The van der Waals surface area contributed by atoms with E-state index in [0.29, 0.717) is 6.42 Å². The predicted octanol–water partition coefficient (Wildman–Crippen LogP) is 1.67. The molecule has 4 nitrogen and oxygen atoms in total. The number of aliphatic carboxylic acids is 1. The summed E-state index contributed by atoms with van der Waals surface area (Å²) in [5, 5.41) is 11.6. The molecule has 2 atom stereocenters. The molecule has 0 aromatic rings. The van der Waals surface area contributed by atoms with Crippen molar-refractivity contribution in [3.8, 4) is 0 Å². The van der Waals surface area contributed by atoms with Crippen LogP contribution in [0.4, 0.5) is 0 Å². The van der Waals surface area contributed by atoms with Crippen LogP contribution in [0.3, 0.4) is 0 Å². The fourth-order valence-corrected chi connectivity index (χ4v) is 2.29. The van der Waals surface area contributed by atoms with Crippen LogP contribution < -0.4 is 5.32 Å². The summed E-state index contributed by atoms with van der Waals surface area (Å²) in [6, 6.07) is -0.749. The molecule has 17 heavy (non-hydrogen) atoms. The number of rotatable bonds is 6. The molecule has 2 N–H and O–H groups in total. The molecular formula is C12H19NO3S. The molecular weight excluding hydrogens is 238 g/mol. The zero-order valence-corrected chi connectivity index (χ0v) is 10.8. The van der Waals surface area contributed by atoms with Crippen molar-refractivity contribution in [2.45, 2.75) is 31.7 Å². The monoisotopic (exact) mass is 257 g/mol. The number of carboxylic acid groups (broad SMARTS) is 1. The molecule has 0 heterocycles. The minimum absolute atomic E-state index is 0.0591. The Morgan fingerprint density at radius 1 is 1.53 bits per heavy atom. The summed E-state index contributed by atoms with van der Waals surface area (Å²) in [4.78, 5) is 22.8. The van der Waals surface area contributed by atoms with Gasteiger partial charge in [-0.3, -0.25) is 4.79 Å². The van der Waals surface area contributed by atoms with Gasteiger partial charge in [-0.05, 0) is 37.7 Å². The van der Waals surface area contributed by atoms with Crippen LogP contribution in [0, 0.1) is 5.92 Å². The Bertz CT molecular complexity index is 304. The molecule has 0 aliphatic heterocycles. The largest absolute Gasteiger partial charge is 0.480 e. The van der Waals surface area contributed by atoms with E-state index in [2.05, 4.69) is 11.4 Å². The molecule has 1 aliphatic carbocycles. The lowest BCUT2D eigenvalue weighted by Gasteiger charge is -2.20. The molecule has 5 heteroatoms. The number of hydrogen-bond donors (Lipinski definition) is 2. The van der Waals surface area contributed by atoms with Gasteiger partial charge in [0, 0.05) is 5.92 Å². The molecule has 1 amide bonds. The van der Waals surface area contributed by atoms with Crippen LogP contribution in [0.2, 0.25) is 0 Å². The van der Waals surface area contributed by atoms with Gasteiger partial charge in [0.05, 0.1) is 0 Å². The van der Waals surface area contributed by atoms with Gasteiger partial charge in [0.1, 0.15) is 6.04 Å². The second-order valence-electron chi connectivity index (χ2n) is 4.16. The molecule has 0 spiro atoms. The van der Waals surface area contributed by atoms with Gasteiger partial charge in [-0.25, -0.2) is 4.79 Å². The lowest BCUT2D eigenvalue weighted by atomic mass is 9.93. The molecule has 1 rings (SSSR count). The number of nitrogens with one attached hydrogen (secondary N) is 1. The van der Waals surface area contributed by atoms with E-state index in [1.807, 2.05) is 12.3 Å². The third-order valence-corrected chi connectivity index (χ3v) is 3.51. The van der Waals surface area contributed by atoms with Crippen LogP contribution in [0.5, 0.6) is 0 Å². The summed E-state index contributed by atoms with van der Waals surface area (Å²) in [7, 11) is 0. The Hall–Kier alpha value is -0.970. The SMILES string of the molecule is CSCC[C@@H](NC(=O)C1CC=CCC1)C(=O)O. The Labute approximate surface area is 106 Å². The highest BCUT2D eigenvalue weighted by molar-refractivity contribution is 7.98. The van der Waals surface area contributed by atoms with E-state index >= 15 is 0 Å². The average molecular weight is 257 g/mol. The number of carboxylic acids is 1. The van der Waals surface area contributed by atoms with Crippen LogP contribution in [-0.4, -0.2) is 35.0 Å². The lowest BCUT2D eigenvalue weighted by molar-refractivity contribution is -0.142. The topological polar surface area (TPSA) is 66.4 Å². The summed E-state index contributed by atoms with van der Waals surface area (Å²) in [5.41, 5.74) is 0. The third-order valence-electron chi connectivity index (χ3n) is 2.87. The molecule has 0 aromatic heterocycles. The number of carbonyl (C=O) groups excluding carboxylic acids is 1. The molecule has 1 unspecified atom stereocenters. The normalized spacial score (nSPS) is 20.9. The van der Waals surface area contributed by atoms with Crippen LogP contribution in [0.1, 0.15) is 25.7 Å². The maximum absolute atomic E-state index is 11.9. The van der Waals surface area contributed by atoms with Gasteiger partial charge in [0.25, 0.3) is 0 Å². The van der Waals surface area contributed by atoms with Crippen molar-refractivity contribution in [3.05, 3.63) is 12.2 Å². The number of amides is 1. The number of thioether (sulfide) groups is 1. The summed E-state index contributed by atoms with van der Waals surface area (Å²) in [5.74, 6) is -0.389. The molecule has 0 saturated carbocycles. The van der Waals surface area contributed by atoms with Crippen molar-refractivity contribution in [2.75, 3.05) is 12.0 Å². The lowest BCUT2D eigenvalue weighted by Crippen LogP contribution is -2.44. The first-order valence-electron chi connectivity index (χ1n) is 5.82. The molecule has 0 aromatic carbocycles. The van der Waals surface area contributed by atoms with Crippen LogP contribution >= 0.6 is 11.8 Å². The molecule has 0 radical (unpaired) electrons. The van der Waals surface area contributed by atoms with Gasteiger partial charge < -0.3 is 10.4 Å². The zero-order chi connectivity index (χ0) is 12.7. The highest BCUT2D eigenvalue weighted by atomic mass is 32.2. The van der Waals surface area contributed by atoms with Gasteiger partial charge >= 0.3 is 5.97 Å². The Morgan fingerprint density at radius 2 is 2.29 bits per heavy atom. The Kier molecular flexibility index (Phi) is 6.11. The van der Waals surface area contributed by atoms with Crippen molar-refractivity contribution >= 4 is 23.6 Å². The Morgan fingerprint density at radius 3 is 2.82 bits per heavy atom.